The number of imidazole rings is 1. The molecule has 0 aliphatic carbocycles. The summed E-state index contributed by atoms with van der Waals surface area (Å²) in [7, 11) is 1.84. The lowest BCUT2D eigenvalue weighted by Crippen LogP contribution is -2.18. The quantitative estimate of drug-likeness (QED) is 0.203. The second-order valence-corrected chi connectivity index (χ2v) is 10.3. The van der Waals surface area contributed by atoms with Crippen molar-refractivity contribution in [2.45, 2.75) is 39.8 Å². The Kier molecular flexibility index (Phi) is 11.9. The molecule has 3 N–H and O–H groups in total. The van der Waals surface area contributed by atoms with Crippen molar-refractivity contribution >= 4 is 35.6 Å². The van der Waals surface area contributed by atoms with Crippen LogP contribution in [0.25, 0.3) is 55.8 Å². The summed E-state index contributed by atoms with van der Waals surface area (Å²) in [6.07, 6.45) is 11.6. The molecule has 238 valence electrons. The maximum atomic E-state index is 14.4. The lowest BCUT2D eigenvalue weighted by atomic mass is 10.0. The number of benzene rings is 1. The van der Waals surface area contributed by atoms with Gasteiger partial charge in [-0.2, -0.15) is 5.10 Å². The first-order valence-electron chi connectivity index (χ1n) is 15.0. The Morgan fingerprint density at radius 3 is 2.35 bits per heavy atom. The normalized spacial score (nSPS) is 12.5. The number of hydrogen-bond acceptors (Lipinski definition) is 9. The maximum Gasteiger partial charge on any atom is 0.181 e. The van der Waals surface area contributed by atoms with E-state index in [0.717, 1.165) is 64.0 Å². The van der Waals surface area contributed by atoms with Gasteiger partial charge in [0.05, 0.1) is 22.6 Å². The van der Waals surface area contributed by atoms with E-state index in [0.29, 0.717) is 23.5 Å². The Morgan fingerprint density at radius 2 is 1.59 bits per heavy atom. The maximum absolute atomic E-state index is 14.4. The van der Waals surface area contributed by atoms with Gasteiger partial charge in [0.1, 0.15) is 25.1 Å². The minimum atomic E-state index is -0.298. The van der Waals surface area contributed by atoms with Gasteiger partial charge in [-0.3, -0.25) is 20.0 Å². The standard InChI is InChI=1S/C30H28FN9.C2H6.2CH2O/c1-32-11-18-6-20(9-23(31)8-18)25-15-34-16-26-27(25)37-30(36-26)28-24-10-22(14-35-29(24)39-38-28)21-7-19(12-33-13-21)17-40-4-2-3-5-40;3*1-2/h6-10,12-16,32H,2-5,11,17H2,1H3,(H,36,37)(H,35,38,39);1-2H3;2*1H2. The highest BCUT2D eigenvalue weighted by atomic mass is 19.1. The molecular weight excluding hydrogens is 585 g/mol. The Hall–Kier alpha value is -5.20. The van der Waals surface area contributed by atoms with Crippen molar-refractivity contribution < 1.29 is 14.0 Å². The molecule has 6 heterocycles. The van der Waals surface area contributed by atoms with E-state index in [4.69, 9.17) is 14.6 Å². The van der Waals surface area contributed by atoms with Crippen LogP contribution in [0.1, 0.15) is 37.8 Å². The van der Waals surface area contributed by atoms with Crippen molar-refractivity contribution in [2.24, 2.45) is 0 Å². The molecule has 0 atom stereocenters. The van der Waals surface area contributed by atoms with Gasteiger partial charge in [0, 0.05) is 54.6 Å². The number of halogens is 1. The molecule has 0 unspecified atom stereocenters. The number of nitrogens with zero attached hydrogens (tertiary/aromatic N) is 6. The van der Waals surface area contributed by atoms with Crippen molar-refractivity contribution in [3.63, 3.8) is 0 Å². The number of aromatic amines is 2. The monoisotopic (exact) mass is 623 g/mol. The van der Waals surface area contributed by atoms with E-state index in [2.05, 4.69) is 52.5 Å². The number of carbonyl (C=O) groups excluding carboxylic acids is 2. The molecule has 7 rings (SSSR count). The Bertz CT molecular complexity index is 1880. The summed E-state index contributed by atoms with van der Waals surface area (Å²) >= 11 is 0. The van der Waals surface area contributed by atoms with Crippen LogP contribution in [-0.2, 0) is 22.7 Å². The number of rotatable bonds is 7. The van der Waals surface area contributed by atoms with E-state index in [1.165, 1.54) is 30.5 Å². The number of carbonyl (C=O) groups is 2. The molecule has 11 nitrogen and oxygen atoms in total. The van der Waals surface area contributed by atoms with Crippen molar-refractivity contribution in [1.29, 1.82) is 0 Å². The smallest absolute Gasteiger partial charge is 0.181 e. The minimum Gasteiger partial charge on any atom is -0.335 e. The topological polar surface area (TPSA) is 145 Å². The molecule has 12 heteroatoms. The van der Waals surface area contributed by atoms with Crippen molar-refractivity contribution in [3.05, 3.63) is 78.3 Å². The SMILES string of the molecule is C=O.C=O.CC.CNCc1cc(F)cc(-c2cncc3[nH]c(-c4[nH]nc5ncc(-c6cncc(CN7CCCC7)c6)cc45)nc23)c1. The summed E-state index contributed by atoms with van der Waals surface area (Å²) in [5.74, 6) is 0.311. The van der Waals surface area contributed by atoms with Crippen LogP contribution < -0.4 is 5.32 Å². The zero-order valence-corrected chi connectivity index (χ0v) is 26.3. The molecule has 0 amide bonds. The van der Waals surface area contributed by atoms with Crippen LogP contribution in [0.3, 0.4) is 0 Å². The molecule has 1 aliphatic heterocycles. The molecule has 0 spiro atoms. The van der Waals surface area contributed by atoms with Crippen LogP contribution in [0.4, 0.5) is 4.39 Å². The number of H-pyrrole nitrogens is 2. The van der Waals surface area contributed by atoms with Crippen LogP contribution in [0.2, 0.25) is 0 Å². The van der Waals surface area contributed by atoms with Gasteiger partial charge in [-0.25, -0.2) is 14.4 Å². The summed E-state index contributed by atoms with van der Waals surface area (Å²) in [4.78, 5) is 40.3. The molecule has 1 aromatic carbocycles. The predicted octanol–water partition coefficient (Wildman–Crippen LogP) is 5.74. The van der Waals surface area contributed by atoms with Crippen LogP contribution in [0.5, 0.6) is 0 Å². The van der Waals surface area contributed by atoms with Crippen molar-refractivity contribution in [3.8, 4) is 33.8 Å². The number of hydrogen-bond donors (Lipinski definition) is 3. The van der Waals surface area contributed by atoms with E-state index in [1.54, 1.807) is 12.4 Å². The molecule has 0 bridgehead atoms. The Balaban J connectivity index is 0.000000758. The molecule has 1 aliphatic rings. The van der Waals surface area contributed by atoms with Crippen LogP contribution in [0.15, 0.2) is 61.3 Å². The van der Waals surface area contributed by atoms with Gasteiger partial charge in [0.2, 0.25) is 0 Å². The third-order valence-electron chi connectivity index (χ3n) is 7.42. The summed E-state index contributed by atoms with van der Waals surface area (Å²) < 4.78 is 14.4. The average molecular weight is 624 g/mol. The minimum absolute atomic E-state index is 0.298. The summed E-state index contributed by atoms with van der Waals surface area (Å²) in [5, 5.41) is 11.4. The molecular formula is C34H38FN9O2. The lowest BCUT2D eigenvalue weighted by molar-refractivity contribution is -0.0987. The highest BCUT2D eigenvalue weighted by Gasteiger charge is 2.18. The summed E-state index contributed by atoms with van der Waals surface area (Å²) in [5.41, 5.74) is 8.26. The van der Waals surface area contributed by atoms with Gasteiger partial charge in [-0.15, -0.1) is 0 Å². The predicted molar refractivity (Wildman–Crippen MR) is 178 cm³/mol. The molecule has 6 aromatic rings. The largest absolute Gasteiger partial charge is 0.335 e. The van der Waals surface area contributed by atoms with Crippen molar-refractivity contribution in [1.82, 2.24) is 45.3 Å². The van der Waals surface area contributed by atoms with Gasteiger partial charge < -0.3 is 19.9 Å². The Labute approximate surface area is 266 Å². The van der Waals surface area contributed by atoms with E-state index >= 15 is 0 Å². The fourth-order valence-electron chi connectivity index (χ4n) is 5.54. The third-order valence-corrected chi connectivity index (χ3v) is 7.42. The van der Waals surface area contributed by atoms with Gasteiger partial charge in [0.15, 0.2) is 11.5 Å². The average Bonchev–Trinajstić information content (AvgIpc) is 3.87. The molecule has 1 saturated heterocycles. The van der Waals surface area contributed by atoms with E-state index in [-0.39, 0.29) is 5.82 Å². The van der Waals surface area contributed by atoms with Crippen LogP contribution in [-0.4, -0.2) is 73.7 Å². The summed E-state index contributed by atoms with van der Waals surface area (Å²) in [6.45, 7) is 11.7. The second kappa shape index (κ2) is 16.2. The fraction of sp³-hybridized carbons (Fsp3) is 0.265. The molecule has 5 aromatic heterocycles. The van der Waals surface area contributed by atoms with Gasteiger partial charge in [-0.05, 0) is 80.0 Å². The number of nitrogens with one attached hydrogen (secondary N) is 3. The first-order valence-corrected chi connectivity index (χ1v) is 15.0. The number of likely N-dealkylation sites (tertiary alicyclic amines) is 1. The van der Waals surface area contributed by atoms with Gasteiger partial charge in [0.25, 0.3) is 0 Å². The van der Waals surface area contributed by atoms with Crippen LogP contribution >= 0.6 is 0 Å². The molecule has 0 saturated carbocycles. The van der Waals surface area contributed by atoms with E-state index in [1.807, 2.05) is 59.1 Å². The Morgan fingerprint density at radius 1 is 0.870 bits per heavy atom. The molecule has 1 fully saturated rings. The highest BCUT2D eigenvalue weighted by Crippen LogP contribution is 2.33. The second-order valence-electron chi connectivity index (χ2n) is 10.3. The van der Waals surface area contributed by atoms with Crippen LogP contribution in [0, 0.1) is 5.82 Å². The van der Waals surface area contributed by atoms with Crippen molar-refractivity contribution in [2.75, 3.05) is 20.1 Å². The van der Waals surface area contributed by atoms with E-state index in [9.17, 15) is 4.39 Å². The first kappa shape index (κ1) is 33.7. The molecule has 46 heavy (non-hydrogen) atoms. The number of aromatic nitrogens is 7. The van der Waals surface area contributed by atoms with Gasteiger partial charge in [-0.1, -0.05) is 13.8 Å². The van der Waals surface area contributed by atoms with E-state index < -0.39 is 0 Å². The molecule has 0 radical (unpaired) electrons. The number of fused-ring (bicyclic) bond motifs is 2. The number of pyridine rings is 3. The highest BCUT2D eigenvalue weighted by molar-refractivity contribution is 5.96. The zero-order valence-electron chi connectivity index (χ0n) is 26.3. The third kappa shape index (κ3) is 7.36. The zero-order chi connectivity index (χ0) is 33.1. The first-order chi connectivity index (χ1) is 22.6. The fourth-order valence-corrected chi connectivity index (χ4v) is 5.54. The lowest BCUT2D eigenvalue weighted by Gasteiger charge is -2.14. The van der Waals surface area contributed by atoms with Gasteiger partial charge >= 0.3 is 0 Å². The summed E-state index contributed by atoms with van der Waals surface area (Å²) in [6, 6.07) is 9.26.